The second kappa shape index (κ2) is 7.56. The molecule has 1 N–H and O–H groups in total. The number of halogens is 5. The minimum absolute atomic E-state index is 0.0681. The first kappa shape index (κ1) is 20.4. The summed E-state index contributed by atoms with van der Waals surface area (Å²) in [6.07, 6.45) is 0.115. The van der Waals surface area contributed by atoms with E-state index in [-0.39, 0.29) is 17.7 Å². The lowest BCUT2D eigenvalue weighted by atomic mass is 10.1. The molecule has 0 spiro atoms. The van der Waals surface area contributed by atoms with Gasteiger partial charge in [-0.2, -0.15) is 13.8 Å². The van der Waals surface area contributed by atoms with Gasteiger partial charge in [0, 0.05) is 30.1 Å². The fourth-order valence-corrected chi connectivity index (χ4v) is 4.19. The SMILES string of the molecule is CP(=O)(Cc1ccc(-c2noc(C(F)(F)Cl)n2)cc1)Nc1ccc(F)c(F)c1. The predicted molar refractivity (Wildman–Crippen MR) is 96.7 cm³/mol. The van der Waals surface area contributed by atoms with E-state index in [1.54, 1.807) is 24.3 Å². The van der Waals surface area contributed by atoms with Crippen LogP contribution in [0.5, 0.6) is 0 Å². The molecule has 11 heteroatoms. The van der Waals surface area contributed by atoms with E-state index in [1.165, 1.54) is 12.7 Å². The van der Waals surface area contributed by atoms with E-state index >= 15 is 0 Å². The third-order valence-electron chi connectivity index (χ3n) is 3.65. The van der Waals surface area contributed by atoms with Crippen LogP contribution in [0.25, 0.3) is 11.4 Å². The fraction of sp³-hybridized carbons (Fsp3) is 0.176. The van der Waals surface area contributed by atoms with Crippen LogP contribution in [-0.4, -0.2) is 16.8 Å². The van der Waals surface area contributed by atoms with Crippen molar-refractivity contribution < 1.29 is 26.6 Å². The third kappa shape index (κ3) is 4.91. The largest absolute Gasteiger partial charge is 0.400 e. The first-order chi connectivity index (χ1) is 13.0. The van der Waals surface area contributed by atoms with Gasteiger partial charge in [-0.3, -0.25) is 0 Å². The number of nitrogens with zero attached hydrogens (tertiary/aromatic N) is 2. The Kier molecular flexibility index (Phi) is 5.50. The molecule has 0 saturated carbocycles. The van der Waals surface area contributed by atoms with Crippen molar-refractivity contribution in [2.45, 2.75) is 11.5 Å². The van der Waals surface area contributed by atoms with Gasteiger partial charge in [0.2, 0.25) is 5.82 Å². The Morgan fingerprint density at radius 2 is 1.82 bits per heavy atom. The number of alkyl halides is 3. The van der Waals surface area contributed by atoms with Gasteiger partial charge in [0.25, 0.3) is 0 Å². The summed E-state index contributed by atoms with van der Waals surface area (Å²) in [4.78, 5) is 3.53. The van der Waals surface area contributed by atoms with Crippen LogP contribution >= 0.6 is 18.9 Å². The van der Waals surface area contributed by atoms with Crippen LogP contribution in [0.15, 0.2) is 47.0 Å². The Bertz CT molecular complexity index is 1040. The Hall–Kier alpha value is -2.38. The molecule has 0 saturated heterocycles. The number of hydrogen-bond acceptors (Lipinski definition) is 4. The molecule has 3 rings (SSSR count). The average molecular weight is 434 g/mol. The molecule has 1 unspecified atom stereocenters. The highest BCUT2D eigenvalue weighted by atomic mass is 35.5. The number of benzene rings is 2. The molecule has 2 aromatic carbocycles. The number of rotatable bonds is 6. The highest BCUT2D eigenvalue weighted by Gasteiger charge is 2.35. The van der Waals surface area contributed by atoms with Gasteiger partial charge in [-0.1, -0.05) is 29.4 Å². The highest BCUT2D eigenvalue weighted by molar-refractivity contribution is 7.63. The van der Waals surface area contributed by atoms with Crippen LogP contribution in [0.4, 0.5) is 23.2 Å². The van der Waals surface area contributed by atoms with E-state index in [1.807, 2.05) is 0 Å². The van der Waals surface area contributed by atoms with Crippen LogP contribution in [0.1, 0.15) is 11.5 Å². The van der Waals surface area contributed by atoms with Crippen LogP contribution in [0.3, 0.4) is 0 Å². The van der Waals surface area contributed by atoms with Crippen molar-refractivity contribution in [3.05, 3.63) is 65.6 Å². The maximum absolute atomic E-state index is 13.3. The van der Waals surface area contributed by atoms with E-state index in [2.05, 4.69) is 19.8 Å². The first-order valence-corrected chi connectivity index (χ1v) is 10.6. The molecule has 28 heavy (non-hydrogen) atoms. The van der Waals surface area contributed by atoms with Crippen molar-refractivity contribution >= 4 is 24.6 Å². The van der Waals surface area contributed by atoms with Crippen LogP contribution in [0.2, 0.25) is 0 Å². The molecule has 3 aromatic rings. The van der Waals surface area contributed by atoms with Crippen LogP contribution in [-0.2, 0) is 16.1 Å². The average Bonchev–Trinajstić information content (AvgIpc) is 3.08. The lowest BCUT2D eigenvalue weighted by molar-refractivity contribution is 0.0551. The molecule has 0 fully saturated rings. The lowest BCUT2D eigenvalue weighted by Gasteiger charge is -2.16. The topological polar surface area (TPSA) is 68.0 Å². The minimum atomic E-state index is -3.76. The Morgan fingerprint density at radius 1 is 1.14 bits per heavy atom. The van der Waals surface area contributed by atoms with Gasteiger partial charge < -0.3 is 14.2 Å². The maximum atomic E-state index is 13.3. The fourth-order valence-electron chi connectivity index (χ4n) is 2.44. The second-order valence-corrected chi connectivity index (χ2v) is 9.33. The number of anilines is 1. The second-order valence-electron chi connectivity index (χ2n) is 6.12. The van der Waals surface area contributed by atoms with Crippen molar-refractivity contribution in [2.24, 2.45) is 0 Å². The quantitative estimate of drug-likeness (QED) is 0.301. The van der Waals surface area contributed by atoms with Crippen molar-refractivity contribution in [3.63, 3.8) is 0 Å². The molecule has 0 aliphatic heterocycles. The van der Waals surface area contributed by atoms with E-state index in [9.17, 15) is 22.1 Å². The van der Waals surface area contributed by atoms with Crippen molar-refractivity contribution in [2.75, 3.05) is 11.8 Å². The maximum Gasteiger partial charge on any atom is 0.400 e. The zero-order valence-electron chi connectivity index (χ0n) is 14.3. The van der Waals surface area contributed by atoms with Gasteiger partial charge in [0.15, 0.2) is 18.9 Å². The van der Waals surface area contributed by atoms with Crippen molar-refractivity contribution in [3.8, 4) is 11.4 Å². The molecule has 0 aliphatic rings. The van der Waals surface area contributed by atoms with Crippen molar-refractivity contribution in [1.29, 1.82) is 0 Å². The number of aromatic nitrogens is 2. The third-order valence-corrected chi connectivity index (χ3v) is 5.51. The smallest absolute Gasteiger partial charge is 0.336 e. The first-order valence-electron chi connectivity index (χ1n) is 7.84. The summed E-state index contributed by atoms with van der Waals surface area (Å²) < 4.78 is 69.3. The summed E-state index contributed by atoms with van der Waals surface area (Å²) in [6, 6.07) is 9.49. The summed E-state index contributed by atoms with van der Waals surface area (Å²) >= 11 is 4.83. The van der Waals surface area contributed by atoms with Gasteiger partial charge in [-0.25, -0.2) is 8.78 Å². The van der Waals surface area contributed by atoms with Gasteiger partial charge in [-0.05, 0) is 29.3 Å². The van der Waals surface area contributed by atoms with Gasteiger partial charge in [0.05, 0.1) is 0 Å². The Labute approximate surface area is 162 Å². The normalized spacial score (nSPS) is 13.9. The molecule has 0 amide bonds. The summed E-state index contributed by atoms with van der Waals surface area (Å²) in [6.45, 7) is 1.47. The van der Waals surface area contributed by atoms with E-state index in [0.717, 1.165) is 12.1 Å². The highest BCUT2D eigenvalue weighted by Crippen LogP contribution is 2.45. The van der Waals surface area contributed by atoms with Gasteiger partial charge in [-0.15, -0.1) is 0 Å². The molecule has 148 valence electrons. The molecule has 5 nitrogen and oxygen atoms in total. The van der Waals surface area contributed by atoms with Crippen LogP contribution in [0, 0.1) is 11.6 Å². The molecule has 1 atom stereocenters. The van der Waals surface area contributed by atoms with Gasteiger partial charge >= 0.3 is 11.3 Å². The number of hydrogen-bond donors (Lipinski definition) is 1. The minimum Gasteiger partial charge on any atom is -0.336 e. The molecular weight excluding hydrogens is 421 g/mol. The zero-order valence-corrected chi connectivity index (χ0v) is 15.9. The monoisotopic (exact) mass is 433 g/mol. The summed E-state index contributed by atoms with van der Waals surface area (Å²) in [7, 11) is -2.98. The zero-order chi connectivity index (χ0) is 20.5. The molecular formula is C17H13ClF4N3O2P. The Balaban J connectivity index is 1.71. The van der Waals surface area contributed by atoms with E-state index in [0.29, 0.717) is 11.1 Å². The van der Waals surface area contributed by atoms with Crippen LogP contribution < -0.4 is 5.09 Å². The molecule has 0 aliphatic carbocycles. The summed E-state index contributed by atoms with van der Waals surface area (Å²) in [5, 5.41) is 2.40. The summed E-state index contributed by atoms with van der Waals surface area (Å²) in [5.74, 6) is -3.12. The number of nitrogens with one attached hydrogen (secondary N) is 1. The molecule has 1 aromatic heterocycles. The summed E-state index contributed by atoms with van der Waals surface area (Å²) in [5.41, 5.74) is 1.26. The Morgan fingerprint density at radius 3 is 2.39 bits per heavy atom. The standard InChI is InChI=1S/C17H13ClF4N3O2P/c1-28(26,25-12-6-7-13(19)14(20)8-12)9-10-2-4-11(5-3-10)15-23-16(27-24-15)17(18,21)22/h2-8H,9H2,1H3,(H,25,26). The molecule has 0 radical (unpaired) electrons. The lowest BCUT2D eigenvalue weighted by Crippen LogP contribution is -2.03. The van der Waals surface area contributed by atoms with E-state index in [4.69, 9.17) is 11.6 Å². The molecule has 1 heterocycles. The van der Waals surface area contributed by atoms with Crippen molar-refractivity contribution in [1.82, 2.24) is 10.1 Å². The predicted octanol–water partition coefficient (Wildman–Crippen LogP) is 5.82. The van der Waals surface area contributed by atoms with Gasteiger partial charge in [0.1, 0.15) is 0 Å². The van der Waals surface area contributed by atoms with E-state index < -0.39 is 30.2 Å². The molecule has 0 bridgehead atoms.